The van der Waals surface area contributed by atoms with Crippen LogP contribution in [0.25, 0.3) is 0 Å². The van der Waals surface area contributed by atoms with Crippen molar-refractivity contribution in [2.24, 2.45) is 0 Å². The fraction of sp³-hybridized carbons (Fsp3) is 0.800. The molecule has 0 aromatic carbocycles. The third-order valence-electron chi connectivity index (χ3n) is 2.44. The van der Waals surface area contributed by atoms with Crippen molar-refractivity contribution in [3.05, 3.63) is 0 Å². The minimum absolute atomic E-state index is 0.202. The van der Waals surface area contributed by atoms with Crippen molar-refractivity contribution in [3.63, 3.8) is 0 Å². The molecular formula is C10H17NO3. The van der Waals surface area contributed by atoms with E-state index in [4.69, 9.17) is 4.74 Å². The molecule has 0 spiro atoms. The van der Waals surface area contributed by atoms with E-state index in [2.05, 4.69) is 6.92 Å². The first-order chi connectivity index (χ1) is 6.66. The molecule has 0 radical (unpaired) electrons. The lowest BCUT2D eigenvalue weighted by Crippen LogP contribution is -2.27. The van der Waals surface area contributed by atoms with Crippen LogP contribution < -0.4 is 0 Å². The summed E-state index contributed by atoms with van der Waals surface area (Å²) in [5.41, 5.74) is 0. The van der Waals surface area contributed by atoms with Gasteiger partial charge in [-0.05, 0) is 12.8 Å². The Bertz CT molecular complexity index is 227. The Balaban J connectivity index is 2.26. The van der Waals surface area contributed by atoms with Gasteiger partial charge in [-0.15, -0.1) is 0 Å². The predicted octanol–water partition coefficient (Wildman–Crippen LogP) is 1.93. The zero-order valence-corrected chi connectivity index (χ0v) is 8.78. The number of imide groups is 1. The quantitative estimate of drug-likeness (QED) is 0.635. The second-order valence-corrected chi connectivity index (χ2v) is 3.62. The Hall–Kier alpha value is -1.06. The maximum Gasteiger partial charge on any atom is 0.417 e. The number of hydrogen-bond donors (Lipinski definition) is 0. The second kappa shape index (κ2) is 4.98. The summed E-state index contributed by atoms with van der Waals surface area (Å²) in [6.07, 6.45) is 4.00. The van der Waals surface area contributed by atoms with Crippen molar-refractivity contribution in [2.75, 3.05) is 7.05 Å². The third-order valence-corrected chi connectivity index (χ3v) is 2.44. The largest absolute Gasteiger partial charge is 0.436 e. The maximum absolute atomic E-state index is 11.4. The van der Waals surface area contributed by atoms with E-state index in [1.807, 2.05) is 0 Å². The van der Waals surface area contributed by atoms with E-state index in [0.717, 1.165) is 24.2 Å². The van der Waals surface area contributed by atoms with Crippen LogP contribution in [0.15, 0.2) is 0 Å². The second-order valence-electron chi connectivity index (χ2n) is 3.62. The highest BCUT2D eigenvalue weighted by atomic mass is 16.6. The van der Waals surface area contributed by atoms with Crippen LogP contribution in [-0.2, 0) is 9.53 Å². The predicted molar refractivity (Wildman–Crippen MR) is 51.8 cm³/mol. The summed E-state index contributed by atoms with van der Waals surface area (Å²) >= 11 is 0. The van der Waals surface area contributed by atoms with Gasteiger partial charge in [0.25, 0.3) is 5.91 Å². The summed E-state index contributed by atoms with van der Waals surface area (Å²) in [5.74, 6) is -0.202. The zero-order chi connectivity index (χ0) is 10.6. The molecule has 1 aliphatic heterocycles. The summed E-state index contributed by atoms with van der Waals surface area (Å²) in [4.78, 5) is 23.4. The molecule has 0 aromatic heterocycles. The van der Waals surface area contributed by atoms with Crippen LogP contribution >= 0.6 is 0 Å². The maximum atomic E-state index is 11.4. The number of rotatable bonds is 5. The number of unbranched alkanes of at least 4 members (excludes halogenated alkanes) is 3. The number of hydrogen-bond acceptors (Lipinski definition) is 3. The fourth-order valence-electron chi connectivity index (χ4n) is 1.50. The van der Waals surface area contributed by atoms with Crippen LogP contribution in [0.2, 0.25) is 0 Å². The van der Waals surface area contributed by atoms with Crippen LogP contribution in [-0.4, -0.2) is 30.1 Å². The summed E-state index contributed by atoms with van der Waals surface area (Å²) in [6.45, 7) is 2.13. The molecule has 1 heterocycles. The SMILES string of the molecule is CCCCCCC1OC(=O)N(C)C1=O. The first kappa shape index (κ1) is 11.0. The van der Waals surface area contributed by atoms with E-state index < -0.39 is 12.2 Å². The number of likely N-dealkylation sites (N-methyl/N-ethyl adjacent to an activating group) is 1. The smallest absolute Gasteiger partial charge is 0.417 e. The minimum Gasteiger partial charge on any atom is -0.436 e. The molecule has 80 valence electrons. The van der Waals surface area contributed by atoms with Gasteiger partial charge in [0, 0.05) is 7.05 Å². The van der Waals surface area contributed by atoms with Crippen LogP contribution in [0.4, 0.5) is 4.79 Å². The van der Waals surface area contributed by atoms with Gasteiger partial charge >= 0.3 is 6.09 Å². The molecule has 14 heavy (non-hydrogen) atoms. The molecule has 1 fully saturated rings. The summed E-state index contributed by atoms with van der Waals surface area (Å²) in [6, 6.07) is 0. The molecule has 2 amide bonds. The van der Waals surface area contributed by atoms with Gasteiger partial charge in [-0.3, -0.25) is 4.79 Å². The highest BCUT2D eigenvalue weighted by molar-refractivity contribution is 5.99. The van der Waals surface area contributed by atoms with Crippen molar-refractivity contribution in [2.45, 2.75) is 45.1 Å². The fourth-order valence-corrected chi connectivity index (χ4v) is 1.50. The van der Waals surface area contributed by atoms with Crippen LogP contribution in [0.3, 0.4) is 0 Å². The summed E-state index contributed by atoms with van der Waals surface area (Å²) in [5, 5.41) is 0. The van der Waals surface area contributed by atoms with E-state index in [-0.39, 0.29) is 5.91 Å². The molecule has 1 saturated heterocycles. The van der Waals surface area contributed by atoms with Gasteiger partial charge in [0.05, 0.1) is 0 Å². The molecule has 0 aromatic rings. The van der Waals surface area contributed by atoms with Crippen molar-refractivity contribution in [3.8, 4) is 0 Å². The Labute approximate surface area is 84.2 Å². The van der Waals surface area contributed by atoms with E-state index in [1.54, 1.807) is 0 Å². The van der Waals surface area contributed by atoms with Gasteiger partial charge in [0.1, 0.15) is 0 Å². The molecule has 1 atom stereocenters. The molecule has 0 bridgehead atoms. The number of ether oxygens (including phenoxy) is 1. The van der Waals surface area contributed by atoms with E-state index in [1.165, 1.54) is 13.5 Å². The molecule has 0 saturated carbocycles. The van der Waals surface area contributed by atoms with Crippen molar-refractivity contribution in [1.29, 1.82) is 0 Å². The molecule has 0 N–H and O–H groups in total. The van der Waals surface area contributed by atoms with Gasteiger partial charge < -0.3 is 4.74 Å². The topological polar surface area (TPSA) is 46.6 Å². The van der Waals surface area contributed by atoms with Crippen LogP contribution in [0.1, 0.15) is 39.0 Å². The van der Waals surface area contributed by atoms with Crippen molar-refractivity contribution in [1.82, 2.24) is 4.90 Å². The first-order valence-electron chi connectivity index (χ1n) is 5.15. The standard InChI is InChI=1S/C10H17NO3/c1-3-4-5-6-7-8-9(12)11(2)10(13)14-8/h8H,3-7H2,1-2H3. The van der Waals surface area contributed by atoms with Crippen molar-refractivity contribution >= 4 is 12.0 Å². The Morgan fingerprint density at radius 2 is 2.00 bits per heavy atom. The average Bonchev–Trinajstić information content (AvgIpc) is 2.41. The number of amides is 2. The molecule has 0 aliphatic carbocycles. The monoisotopic (exact) mass is 199 g/mol. The Morgan fingerprint density at radius 1 is 1.29 bits per heavy atom. The third kappa shape index (κ3) is 2.47. The van der Waals surface area contributed by atoms with Gasteiger partial charge in [-0.2, -0.15) is 0 Å². The Kier molecular flexibility index (Phi) is 3.92. The zero-order valence-electron chi connectivity index (χ0n) is 8.78. The molecule has 4 heteroatoms. The van der Waals surface area contributed by atoms with E-state index in [0.29, 0.717) is 6.42 Å². The lowest BCUT2D eigenvalue weighted by atomic mass is 10.1. The van der Waals surface area contributed by atoms with E-state index in [9.17, 15) is 9.59 Å². The normalized spacial score (nSPS) is 21.6. The van der Waals surface area contributed by atoms with Gasteiger partial charge in [0.15, 0.2) is 6.10 Å². The van der Waals surface area contributed by atoms with Gasteiger partial charge in [-0.1, -0.05) is 26.2 Å². The lowest BCUT2D eigenvalue weighted by molar-refractivity contribution is -0.129. The van der Waals surface area contributed by atoms with Gasteiger partial charge in [-0.25, -0.2) is 9.69 Å². The summed E-state index contributed by atoms with van der Waals surface area (Å²) in [7, 11) is 1.46. The van der Waals surface area contributed by atoms with Crippen LogP contribution in [0, 0.1) is 0 Å². The molecular weight excluding hydrogens is 182 g/mol. The number of carbonyl (C=O) groups excluding carboxylic acids is 2. The molecule has 1 rings (SSSR count). The van der Waals surface area contributed by atoms with Crippen LogP contribution in [0.5, 0.6) is 0 Å². The molecule has 1 aliphatic rings. The minimum atomic E-state index is -0.524. The molecule has 1 unspecified atom stereocenters. The number of cyclic esters (lactones) is 1. The van der Waals surface area contributed by atoms with Gasteiger partial charge in [0.2, 0.25) is 0 Å². The number of nitrogens with zero attached hydrogens (tertiary/aromatic N) is 1. The van der Waals surface area contributed by atoms with Crippen molar-refractivity contribution < 1.29 is 14.3 Å². The summed E-state index contributed by atoms with van der Waals surface area (Å²) < 4.78 is 4.90. The number of carbonyl (C=O) groups is 2. The lowest BCUT2D eigenvalue weighted by Gasteiger charge is -2.05. The highest BCUT2D eigenvalue weighted by Crippen LogP contribution is 2.17. The average molecular weight is 199 g/mol. The highest BCUT2D eigenvalue weighted by Gasteiger charge is 2.37. The molecule has 4 nitrogen and oxygen atoms in total. The van der Waals surface area contributed by atoms with E-state index >= 15 is 0 Å². The Morgan fingerprint density at radius 3 is 2.50 bits per heavy atom. The first-order valence-corrected chi connectivity index (χ1v) is 5.15.